The van der Waals surface area contributed by atoms with E-state index in [1.54, 1.807) is 0 Å². The van der Waals surface area contributed by atoms with Crippen LogP contribution >= 0.6 is 0 Å². The smallest absolute Gasteiger partial charge is 0.253 e. The summed E-state index contributed by atoms with van der Waals surface area (Å²) in [6, 6.07) is 0. The van der Waals surface area contributed by atoms with Gasteiger partial charge in [-0.3, -0.25) is 14.5 Å². The highest BCUT2D eigenvalue weighted by molar-refractivity contribution is 6.12. The van der Waals surface area contributed by atoms with Gasteiger partial charge in [-0.2, -0.15) is 0 Å². The van der Waals surface area contributed by atoms with Gasteiger partial charge in [0.25, 0.3) is 11.8 Å². The summed E-state index contributed by atoms with van der Waals surface area (Å²) in [6.07, 6.45) is 5.25. The molecule has 0 aromatic heterocycles. The number of hydrogen-bond donors (Lipinski definition) is 0. The van der Waals surface area contributed by atoms with Crippen molar-refractivity contribution in [1.29, 1.82) is 0 Å². The minimum absolute atomic E-state index is 0.168. The van der Waals surface area contributed by atoms with Crippen molar-refractivity contribution < 1.29 is 9.59 Å². The van der Waals surface area contributed by atoms with Gasteiger partial charge in [-0.05, 0) is 31.8 Å². The molecule has 4 heteroatoms. The quantitative estimate of drug-likeness (QED) is 0.656. The maximum Gasteiger partial charge on any atom is 0.253 e. The van der Waals surface area contributed by atoms with Gasteiger partial charge in [0, 0.05) is 25.2 Å². The lowest BCUT2D eigenvalue weighted by Crippen LogP contribution is -2.37. The Bertz CT molecular complexity index is 301. The van der Waals surface area contributed by atoms with Crippen molar-refractivity contribution in [2.75, 3.05) is 26.2 Å². The first-order valence-electron chi connectivity index (χ1n) is 5.92. The van der Waals surface area contributed by atoms with Crippen LogP contribution < -0.4 is 0 Å². The molecule has 88 valence electrons. The van der Waals surface area contributed by atoms with Gasteiger partial charge >= 0.3 is 0 Å². The number of amides is 2. The third-order valence-corrected chi connectivity index (χ3v) is 3.16. The number of rotatable bonds is 4. The summed E-state index contributed by atoms with van der Waals surface area (Å²) in [5, 5.41) is 0. The molecule has 2 amide bonds. The number of hydrogen-bond acceptors (Lipinski definition) is 3. The van der Waals surface area contributed by atoms with Crippen molar-refractivity contribution >= 4 is 11.8 Å². The fourth-order valence-corrected chi connectivity index (χ4v) is 2.39. The average molecular weight is 222 g/mol. The molecule has 2 aliphatic rings. The van der Waals surface area contributed by atoms with Gasteiger partial charge in [0.15, 0.2) is 0 Å². The maximum atomic E-state index is 11.4. The van der Waals surface area contributed by atoms with Gasteiger partial charge in [-0.25, -0.2) is 0 Å². The molecular formula is C12H18N2O2. The Labute approximate surface area is 95.9 Å². The van der Waals surface area contributed by atoms with E-state index in [9.17, 15) is 9.59 Å². The van der Waals surface area contributed by atoms with Crippen molar-refractivity contribution in [3.63, 3.8) is 0 Å². The molecule has 0 aromatic rings. The van der Waals surface area contributed by atoms with Gasteiger partial charge in [-0.1, -0.05) is 6.92 Å². The molecule has 1 unspecified atom stereocenters. The predicted molar refractivity (Wildman–Crippen MR) is 60.7 cm³/mol. The first-order valence-corrected chi connectivity index (χ1v) is 5.92. The van der Waals surface area contributed by atoms with Crippen LogP contribution in [0, 0.1) is 5.92 Å². The van der Waals surface area contributed by atoms with E-state index in [4.69, 9.17) is 0 Å². The number of likely N-dealkylation sites (tertiary alicyclic amines) is 1. The molecule has 0 bridgehead atoms. The van der Waals surface area contributed by atoms with Crippen LogP contribution in [0.1, 0.15) is 19.8 Å². The first-order chi connectivity index (χ1) is 7.66. The normalized spacial score (nSPS) is 23.4. The van der Waals surface area contributed by atoms with Crippen LogP contribution in [-0.2, 0) is 9.59 Å². The minimum atomic E-state index is -0.168. The van der Waals surface area contributed by atoms with Gasteiger partial charge in [0.1, 0.15) is 0 Å². The molecule has 16 heavy (non-hydrogen) atoms. The average Bonchev–Trinajstić information content (AvgIpc) is 2.83. The highest BCUT2D eigenvalue weighted by Crippen LogP contribution is 2.13. The molecule has 0 aromatic carbocycles. The minimum Gasteiger partial charge on any atom is -0.303 e. The van der Waals surface area contributed by atoms with Gasteiger partial charge in [-0.15, -0.1) is 0 Å². The van der Waals surface area contributed by atoms with Crippen molar-refractivity contribution in [2.45, 2.75) is 19.8 Å². The molecule has 0 spiro atoms. The van der Waals surface area contributed by atoms with E-state index in [2.05, 4.69) is 11.8 Å². The van der Waals surface area contributed by atoms with Crippen molar-refractivity contribution in [1.82, 2.24) is 9.80 Å². The number of imide groups is 1. The molecule has 0 N–H and O–H groups in total. The van der Waals surface area contributed by atoms with Gasteiger partial charge in [0.2, 0.25) is 0 Å². The van der Waals surface area contributed by atoms with Crippen LogP contribution in [0.25, 0.3) is 0 Å². The topological polar surface area (TPSA) is 40.6 Å². The van der Waals surface area contributed by atoms with Crippen LogP contribution in [0.4, 0.5) is 0 Å². The van der Waals surface area contributed by atoms with Crippen LogP contribution in [0.5, 0.6) is 0 Å². The lowest BCUT2D eigenvalue weighted by molar-refractivity contribution is -0.137. The summed E-state index contributed by atoms with van der Waals surface area (Å²) in [5.41, 5.74) is 0. The summed E-state index contributed by atoms with van der Waals surface area (Å²) in [4.78, 5) is 26.5. The zero-order valence-electron chi connectivity index (χ0n) is 9.69. The second-order valence-corrected chi connectivity index (χ2v) is 4.73. The maximum absolute atomic E-state index is 11.4. The Hall–Kier alpha value is -1.16. The lowest BCUT2D eigenvalue weighted by atomic mass is 10.1. The second kappa shape index (κ2) is 4.78. The molecule has 2 aliphatic heterocycles. The van der Waals surface area contributed by atoms with Crippen LogP contribution in [0.15, 0.2) is 12.2 Å². The Balaban J connectivity index is 1.80. The summed E-state index contributed by atoms with van der Waals surface area (Å²) >= 11 is 0. The van der Waals surface area contributed by atoms with E-state index in [1.165, 1.54) is 29.9 Å². The summed E-state index contributed by atoms with van der Waals surface area (Å²) in [7, 11) is 0. The summed E-state index contributed by atoms with van der Waals surface area (Å²) in [5.74, 6) is 0.0162. The van der Waals surface area contributed by atoms with E-state index < -0.39 is 0 Å². The molecule has 2 heterocycles. The molecule has 1 saturated heterocycles. The Morgan fingerprint density at radius 2 is 1.69 bits per heavy atom. The fraction of sp³-hybridized carbons (Fsp3) is 0.667. The largest absolute Gasteiger partial charge is 0.303 e. The monoisotopic (exact) mass is 222 g/mol. The number of carbonyl (C=O) groups is 2. The van der Waals surface area contributed by atoms with E-state index >= 15 is 0 Å². The third kappa shape index (κ3) is 2.50. The predicted octanol–water partition coefficient (Wildman–Crippen LogP) is 0.643. The van der Waals surface area contributed by atoms with E-state index in [0.717, 1.165) is 19.6 Å². The van der Waals surface area contributed by atoms with Gasteiger partial charge in [0.05, 0.1) is 0 Å². The fourth-order valence-electron chi connectivity index (χ4n) is 2.39. The Kier molecular flexibility index (Phi) is 3.39. The van der Waals surface area contributed by atoms with Crippen molar-refractivity contribution in [3.8, 4) is 0 Å². The van der Waals surface area contributed by atoms with Gasteiger partial charge < -0.3 is 4.90 Å². The lowest BCUT2D eigenvalue weighted by Gasteiger charge is -2.23. The first kappa shape index (κ1) is 11.3. The molecule has 0 aliphatic carbocycles. The van der Waals surface area contributed by atoms with Crippen molar-refractivity contribution in [2.24, 2.45) is 5.92 Å². The Morgan fingerprint density at radius 3 is 2.25 bits per heavy atom. The molecule has 0 radical (unpaired) electrons. The van der Waals surface area contributed by atoms with E-state index in [-0.39, 0.29) is 11.8 Å². The molecule has 1 atom stereocenters. The highest BCUT2D eigenvalue weighted by atomic mass is 16.2. The Morgan fingerprint density at radius 1 is 1.12 bits per heavy atom. The SMILES string of the molecule is CC(CN1CCCC1)CN1C(=O)C=CC1=O. The second-order valence-electron chi connectivity index (χ2n) is 4.73. The van der Waals surface area contributed by atoms with E-state index in [1.807, 2.05) is 0 Å². The zero-order valence-corrected chi connectivity index (χ0v) is 9.69. The van der Waals surface area contributed by atoms with E-state index in [0.29, 0.717) is 12.5 Å². The zero-order chi connectivity index (χ0) is 11.5. The van der Waals surface area contributed by atoms with Crippen LogP contribution in [-0.4, -0.2) is 47.8 Å². The standard InChI is InChI=1S/C12H18N2O2/c1-10(8-13-6-2-3-7-13)9-14-11(15)4-5-12(14)16/h4-5,10H,2-3,6-9H2,1H3. The molecule has 4 nitrogen and oxygen atoms in total. The molecule has 0 saturated carbocycles. The molecular weight excluding hydrogens is 204 g/mol. The van der Waals surface area contributed by atoms with Crippen molar-refractivity contribution in [3.05, 3.63) is 12.2 Å². The molecule has 1 fully saturated rings. The van der Waals surface area contributed by atoms with Crippen LogP contribution in [0.2, 0.25) is 0 Å². The van der Waals surface area contributed by atoms with Crippen LogP contribution in [0.3, 0.4) is 0 Å². The summed E-state index contributed by atoms with van der Waals surface area (Å²) in [6.45, 7) is 5.93. The highest BCUT2D eigenvalue weighted by Gasteiger charge is 2.25. The molecule has 2 rings (SSSR count). The third-order valence-electron chi connectivity index (χ3n) is 3.16. The summed E-state index contributed by atoms with van der Waals surface area (Å²) < 4.78 is 0. The number of carbonyl (C=O) groups excluding carboxylic acids is 2. The number of nitrogens with zero attached hydrogens (tertiary/aromatic N) is 2.